The van der Waals surface area contributed by atoms with Crippen molar-refractivity contribution in [1.29, 1.82) is 0 Å². The Bertz CT molecular complexity index is 1010. The van der Waals surface area contributed by atoms with Crippen LogP contribution in [0.3, 0.4) is 0 Å². The van der Waals surface area contributed by atoms with E-state index in [0.29, 0.717) is 24.0 Å². The zero-order valence-corrected chi connectivity index (χ0v) is 18.8. The molecule has 0 radical (unpaired) electrons. The van der Waals surface area contributed by atoms with Gasteiger partial charge in [-0.2, -0.15) is 4.31 Å². The van der Waals surface area contributed by atoms with Gasteiger partial charge in [0.15, 0.2) is 6.61 Å². The predicted octanol–water partition coefficient (Wildman–Crippen LogP) is 3.23. The van der Waals surface area contributed by atoms with Crippen LogP contribution >= 0.6 is 11.6 Å². The van der Waals surface area contributed by atoms with Gasteiger partial charge in [-0.1, -0.05) is 30.7 Å². The molecule has 0 unspecified atom stereocenters. The first kappa shape index (κ1) is 23.2. The first-order valence-corrected chi connectivity index (χ1v) is 11.9. The van der Waals surface area contributed by atoms with Gasteiger partial charge in [0.25, 0.3) is 5.91 Å². The molecule has 0 aromatic heterocycles. The molecule has 9 heteroatoms. The Hall–Kier alpha value is -2.42. The molecule has 7 nitrogen and oxygen atoms in total. The number of carbonyl (C=O) groups is 2. The second-order valence-corrected chi connectivity index (χ2v) is 9.96. The number of halogens is 1. The molecule has 3 rings (SSSR count). The van der Waals surface area contributed by atoms with E-state index in [9.17, 15) is 18.0 Å². The average molecular weight is 465 g/mol. The lowest BCUT2D eigenvalue weighted by atomic mass is 10.0. The van der Waals surface area contributed by atoms with Crippen molar-refractivity contribution in [2.45, 2.75) is 31.2 Å². The van der Waals surface area contributed by atoms with Gasteiger partial charge in [0.2, 0.25) is 10.0 Å². The molecule has 1 amide bonds. The number of carbonyl (C=O) groups excluding carboxylic acids is 2. The standard InChI is InChI=1S/C22H25ClN2O5S/c1-16-10-12-25(13-11-16)31(28,29)20-8-4-18(5-9-20)22(27)30-15-21(26)24-14-17-2-6-19(23)7-3-17/h2-9,16H,10-15H2,1H3,(H,24,26). The number of piperidine rings is 1. The highest BCUT2D eigenvalue weighted by Crippen LogP contribution is 2.23. The highest BCUT2D eigenvalue weighted by atomic mass is 35.5. The number of esters is 1. The molecule has 31 heavy (non-hydrogen) atoms. The van der Waals surface area contributed by atoms with Crippen LogP contribution in [0.15, 0.2) is 53.4 Å². The van der Waals surface area contributed by atoms with Gasteiger partial charge in [-0.3, -0.25) is 4.79 Å². The Labute approximate surface area is 187 Å². The quantitative estimate of drug-likeness (QED) is 0.635. The van der Waals surface area contributed by atoms with Gasteiger partial charge in [-0.05, 0) is 60.7 Å². The number of amides is 1. The fraction of sp³-hybridized carbons (Fsp3) is 0.364. The lowest BCUT2D eigenvalue weighted by Crippen LogP contribution is -2.37. The van der Waals surface area contributed by atoms with Gasteiger partial charge in [-0.25, -0.2) is 13.2 Å². The number of hydrogen-bond acceptors (Lipinski definition) is 5. The SMILES string of the molecule is CC1CCN(S(=O)(=O)c2ccc(C(=O)OCC(=O)NCc3ccc(Cl)cc3)cc2)CC1. The minimum Gasteiger partial charge on any atom is -0.452 e. The number of nitrogens with zero attached hydrogens (tertiary/aromatic N) is 1. The molecule has 2 aromatic carbocycles. The summed E-state index contributed by atoms with van der Waals surface area (Å²) in [5.74, 6) is -0.619. The Morgan fingerprint density at radius 1 is 1.06 bits per heavy atom. The van der Waals surface area contributed by atoms with Gasteiger partial charge < -0.3 is 10.1 Å². The molecule has 2 aromatic rings. The first-order chi connectivity index (χ1) is 14.8. The van der Waals surface area contributed by atoms with E-state index in [0.717, 1.165) is 18.4 Å². The summed E-state index contributed by atoms with van der Waals surface area (Å²) in [7, 11) is -3.58. The third-order valence-electron chi connectivity index (χ3n) is 5.21. The second kappa shape index (κ2) is 10.3. The van der Waals surface area contributed by atoms with E-state index >= 15 is 0 Å². The molecule has 1 heterocycles. The van der Waals surface area contributed by atoms with E-state index in [2.05, 4.69) is 12.2 Å². The molecule has 166 valence electrons. The summed E-state index contributed by atoms with van der Waals surface area (Å²) in [6, 6.07) is 12.6. The van der Waals surface area contributed by atoms with Crippen molar-refractivity contribution < 1.29 is 22.7 Å². The lowest BCUT2D eigenvalue weighted by molar-refractivity contribution is -0.124. The molecule has 0 saturated carbocycles. The Morgan fingerprint density at radius 3 is 2.29 bits per heavy atom. The van der Waals surface area contributed by atoms with E-state index in [1.165, 1.54) is 28.6 Å². The van der Waals surface area contributed by atoms with Gasteiger partial charge in [0.05, 0.1) is 10.5 Å². The van der Waals surface area contributed by atoms with Crippen molar-refractivity contribution in [3.05, 3.63) is 64.7 Å². The molecule has 1 saturated heterocycles. The third-order valence-corrected chi connectivity index (χ3v) is 7.37. The summed E-state index contributed by atoms with van der Waals surface area (Å²) in [5, 5.41) is 3.25. The van der Waals surface area contributed by atoms with E-state index in [1.807, 2.05) is 0 Å². The Balaban J connectivity index is 1.50. The number of nitrogens with one attached hydrogen (secondary N) is 1. The summed E-state index contributed by atoms with van der Waals surface area (Å²) < 4.78 is 32.0. The normalized spacial score (nSPS) is 15.4. The van der Waals surface area contributed by atoms with Crippen molar-refractivity contribution in [2.24, 2.45) is 5.92 Å². The van der Waals surface area contributed by atoms with Gasteiger partial charge >= 0.3 is 5.97 Å². The molecule has 1 fully saturated rings. The zero-order valence-electron chi connectivity index (χ0n) is 17.2. The minimum absolute atomic E-state index is 0.138. The smallest absolute Gasteiger partial charge is 0.338 e. The molecular formula is C22H25ClN2O5S. The molecule has 1 N–H and O–H groups in total. The fourth-order valence-corrected chi connectivity index (χ4v) is 4.80. The monoisotopic (exact) mass is 464 g/mol. The molecule has 0 aliphatic carbocycles. The number of hydrogen-bond donors (Lipinski definition) is 1. The summed E-state index contributed by atoms with van der Waals surface area (Å²) in [6.45, 7) is 2.97. The van der Waals surface area contributed by atoms with Crippen LogP contribution in [0.5, 0.6) is 0 Å². The lowest BCUT2D eigenvalue weighted by Gasteiger charge is -2.29. The summed E-state index contributed by atoms with van der Waals surface area (Å²) in [6.07, 6.45) is 1.67. The maximum Gasteiger partial charge on any atom is 0.338 e. The highest BCUT2D eigenvalue weighted by molar-refractivity contribution is 7.89. The van der Waals surface area contributed by atoms with E-state index in [-0.39, 0.29) is 17.0 Å². The molecule has 1 aliphatic heterocycles. The van der Waals surface area contributed by atoms with Crippen molar-refractivity contribution >= 4 is 33.5 Å². The van der Waals surface area contributed by atoms with E-state index in [4.69, 9.17) is 16.3 Å². The van der Waals surface area contributed by atoms with Crippen LogP contribution in [0, 0.1) is 5.92 Å². The van der Waals surface area contributed by atoms with Crippen LogP contribution in [0.25, 0.3) is 0 Å². The van der Waals surface area contributed by atoms with Crippen molar-refractivity contribution in [3.63, 3.8) is 0 Å². The Kier molecular flexibility index (Phi) is 7.69. The molecule has 0 spiro atoms. The molecular weight excluding hydrogens is 440 g/mol. The zero-order chi connectivity index (χ0) is 22.4. The highest BCUT2D eigenvalue weighted by Gasteiger charge is 2.28. The van der Waals surface area contributed by atoms with Crippen LogP contribution in [0.2, 0.25) is 5.02 Å². The van der Waals surface area contributed by atoms with Gasteiger partial charge in [-0.15, -0.1) is 0 Å². The summed E-state index contributed by atoms with van der Waals surface area (Å²) in [5.41, 5.74) is 1.04. The second-order valence-electron chi connectivity index (χ2n) is 7.59. The summed E-state index contributed by atoms with van der Waals surface area (Å²) >= 11 is 5.82. The van der Waals surface area contributed by atoms with E-state index < -0.39 is 28.5 Å². The van der Waals surface area contributed by atoms with Crippen LogP contribution in [0.4, 0.5) is 0 Å². The Morgan fingerprint density at radius 2 is 1.68 bits per heavy atom. The van der Waals surface area contributed by atoms with Gasteiger partial charge in [0.1, 0.15) is 0 Å². The minimum atomic E-state index is -3.58. The van der Waals surface area contributed by atoms with Crippen molar-refractivity contribution in [1.82, 2.24) is 9.62 Å². The average Bonchev–Trinajstić information content (AvgIpc) is 2.77. The van der Waals surface area contributed by atoms with Gasteiger partial charge in [0, 0.05) is 24.7 Å². The van der Waals surface area contributed by atoms with Crippen molar-refractivity contribution in [2.75, 3.05) is 19.7 Å². The molecule has 0 atom stereocenters. The fourth-order valence-electron chi connectivity index (χ4n) is 3.21. The maximum absolute atomic E-state index is 12.7. The first-order valence-electron chi connectivity index (χ1n) is 10.0. The number of ether oxygens (including phenoxy) is 1. The maximum atomic E-state index is 12.7. The summed E-state index contributed by atoms with van der Waals surface area (Å²) in [4.78, 5) is 24.2. The van der Waals surface area contributed by atoms with Crippen LogP contribution < -0.4 is 5.32 Å². The number of benzene rings is 2. The number of sulfonamides is 1. The topological polar surface area (TPSA) is 92.8 Å². The third kappa shape index (κ3) is 6.29. The van der Waals surface area contributed by atoms with Crippen LogP contribution in [-0.4, -0.2) is 44.3 Å². The number of rotatable bonds is 7. The predicted molar refractivity (Wildman–Crippen MR) is 117 cm³/mol. The molecule has 0 bridgehead atoms. The van der Waals surface area contributed by atoms with Crippen LogP contribution in [-0.2, 0) is 26.1 Å². The largest absolute Gasteiger partial charge is 0.452 e. The van der Waals surface area contributed by atoms with Crippen LogP contribution in [0.1, 0.15) is 35.7 Å². The molecule has 1 aliphatic rings. The van der Waals surface area contributed by atoms with Crippen molar-refractivity contribution in [3.8, 4) is 0 Å². The van der Waals surface area contributed by atoms with E-state index in [1.54, 1.807) is 24.3 Å².